The molecule has 1 aliphatic heterocycles. The number of esters is 1. The van der Waals surface area contributed by atoms with E-state index in [9.17, 15) is 9.90 Å². The molecule has 1 N–H and O–H groups in total. The minimum atomic E-state index is -0.185. The summed E-state index contributed by atoms with van der Waals surface area (Å²) >= 11 is 0. The Balaban J connectivity index is 1.93. The van der Waals surface area contributed by atoms with Crippen molar-refractivity contribution in [1.82, 2.24) is 0 Å². The Morgan fingerprint density at radius 3 is 2.55 bits per heavy atom. The van der Waals surface area contributed by atoms with E-state index in [1.54, 1.807) is 0 Å². The summed E-state index contributed by atoms with van der Waals surface area (Å²) in [5.74, 6) is 0.588. The van der Waals surface area contributed by atoms with E-state index < -0.39 is 0 Å². The molecule has 0 aromatic heterocycles. The van der Waals surface area contributed by atoms with Crippen molar-refractivity contribution in [3.8, 4) is 5.75 Å². The number of aliphatic hydroxyl groups excluding tert-OH is 1. The predicted octanol–water partition coefficient (Wildman–Crippen LogP) is 2.81. The van der Waals surface area contributed by atoms with Gasteiger partial charge in [-0.2, -0.15) is 0 Å². The van der Waals surface area contributed by atoms with Crippen LogP contribution in [-0.2, 0) is 17.8 Å². The highest BCUT2D eigenvalue weighted by atomic mass is 16.5. The molecule has 2 aromatic rings. The molecule has 1 aliphatic rings. The zero-order valence-electron chi connectivity index (χ0n) is 11.1. The number of carbonyl (C=O) groups excluding carboxylic acids is 1. The van der Waals surface area contributed by atoms with Gasteiger partial charge < -0.3 is 9.84 Å². The van der Waals surface area contributed by atoms with Gasteiger partial charge in [-0.15, -0.1) is 0 Å². The number of benzene rings is 2. The van der Waals surface area contributed by atoms with Crippen LogP contribution in [0.3, 0.4) is 0 Å². The third-order valence-electron chi connectivity index (χ3n) is 3.75. The van der Waals surface area contributed by atoms with Crippen LogP contribution in [0.1, 0.15) is 29.0 Å². The monoisotopic (exact) mass is 268 g/mol. The largest absolute Gasteiger partial charge is 0.426 e. The SMILES string of the molecule is O=C1CC(Cc2ccccc2CO)c2ccccc2O1. The van der Waals surface area contributed by atoms with Gasteiger partial charge in [-0.3, -0.25) is 4.79 Å². The third-order valence-corrected chi connectivity index (χ3v) is 3.75. The molecule has 0 aliphatic carbocycles. The van der Waals surface area contributed by atoms with Crippen LogP contribution >= 0.6 is 0 Å². The summed E-state index contributed by atoms with van der Waals surface area (Å²) < 4.78 is 5.27. The van der Waals surface area contributed by atoms with Gasteiger partial charge in [-0.05, 0) is 29.2 Å². The molecular weight excluding hydrogens is 252 g/mol. The van der Waals surface area contributed by atoms with Crippen LogP contribution in [0.4, 0.5) is 0 Å². The number of hydrogen-bond donors (Lipinski definition) is 1. The van der Waals surface area contributed by atoms with Crippen molar-refractivity contribution >= 4 is 5.97 Å². The van der Waals surface area contributed by atoms with E-state index in [1.165, 1.54) is 0 Å². The average Bonchev–Trinajstić information content (AvgIpc) is 2.47. The van der Waals surface area contributed by atoms with E-state index in [0.29, 0.717) is 12.2 Å². The van der Waals surface area contributed by atoms with Crippen molar-refractivity contribution in [3.63, 3.8) is 0 Å². The molecule has 0 bridgehead atoms. The van der Waals surface area contributed by atoms with Gasteiger partial charge in [-0.1, -0.05) is 42.5 Å². The van der Waals surface area contributed by atoms with Gasteiger partial charge in [0.05, 0.1) is 13.0 Å². The average molecular weight is 268 g/mol. The summed E-state index contributed by atoms with van der Waals surface area (Å²) in [6.07, 6.45) is 1.12. The number of fused-ring (bicyclic) bond motifs is 1. The van der Waals surface area contributed by atoms with E-state index in [2.05, 4.69) is 0 Å². The predicted molar refractivity (Wildman–Crippen MR) is 75.5 cm³/mol. The van der Waals surface area contributed by atoms with Crippen molar-refractivity contribution in [2.45, 2.75) is 25.4 Å². The van der Waals surface area contributed by atoms with Gasteiger partial charge in [0.15, 0.2) is 0 Å². The number of aliphatic hydroxyl groups is 1. The van der Waals surface area contributed by atoms with E-state index in [0.717, 1.165) is 23.1 Å². The molecule has 0 amide bonds. The summed E-state index contributed by atoms with van der Waals surface area (Å²) in [6.45, 7) is 0.0228. The normalized spacial score (nSPS) is 17.4. The second-order valence-corrected chi connectivity index (χ2v) is 5.04. The standard InChI is InChI=1S/C17H16O3/c18-11-13-6-2-1-5-12(13)9-14-10-17(19)20-16-8-4-3-7-15(14)16/h1-8,14,18H,9-11H2. The van der Waals surface area contributed by atoms with E-state index in [4.69, 9.17) is 4.74 Å². The number of para-hydroxylation sites is 1. The first kappa shape index (κ1) is 12.9. The first-order valence-corrected chi connectivity index (χ1v) is 6.75. The maximum atomic E-state index is 11.7. The van der Waals surface area contributed by atoms with Crippen molar-refractivity contribution in [1.29, 1.82) is 0 Å². The molecular formula is C17H16O3. The fraction of sp³-hybridized carbons (Fsp3) is 0.235. The Labute approximate surface area is 117 Å². The number of ether oxygens (including phenoxy) is 1. The second-order valence-electron chi connectivity index (χ2n) is 5.04. The molecule has 0 radical (unpaired) electrons. The second kappa shape index (κ2) is 5.47. The molecule has 1 unspecified atom stereocenters. The molecule has 1 heterocycles. The van der Waals surface area contributed by atoms with Crippen LogP contribution in [0.2, 0.25) is 0 Å². The highest BCUT2D eigenvalue weighted by Gasteiger charge is 2.27. The highest BCUT2D eigenvalue weighted by Crippen LogP contribution is 2.36. The van der Waals surface area contributed by atoms with Crippen LogP contribution < -0.4 is 4.74 Å². The van der Waals surface area contributed by atoms with Crippen LogP contribution in [0.5, 0.6) is 5.75 Å². The lowest BCUT2D eigenvalue weighted by molar-refractivity contribution is -0.135. The van der Waals surface area contributed by atoms with Crippen LogP contribution in [-0.4, -0.2) is 11.1 Å². The van der Waals surface area contributed by atoms with E-state index >= 15 is 0 Å². The Bertz CT molecular complexity index is 634. The maximum Gasteiger partial charge on any atom is 0.311 e. The van der Waals surface area contributed by atoms with Crippen LogP contribution in [0.15, 0.2) is 48.5 Å². The molecule has 0 saturated heterocycles. The first-order valence-electron chi connectivity index (χ1n) is 6.75. The van der Waals surface area contributed by atoms with Crippen molar-refractivity contribution in [2.75, 3.05) is 0 Å². The molecule has 3 heteroatoms. The Hall–Kier alpha value is -2.13. The molecule has 2 aromatic carbocycles. The molecule has 0 spiro atoms. The molecule has 0 fully saturated rings. The van der Waals surface area contributed by atoms with Gasteiger partial charge in [0.25, 0.3) is 0 Å². The van der Waals surface area contributed by atoms with Crippen LogP contribution in [0, 0.1) is 0 Å². The quantitative estimate of drug-likeness (QED) is 0.687. The van der Waals surface area contributed by atoms with Gasteiger partial charge >= 0.3 is 5.97 Å². The molecule has 0 saturated carbocycles. The Morgan fingerprint density at radius 1 is 1.05 bits per heavy atom. The smallest absolute Gasteiger partial charge is 0.311 e. The summed E-state index contributed by atoms with van der Waals surface area (Å²) in [4.78, 5) is 11.7. The van der Waals surface area contributed by atoms with E-state index in [-0.39, 0.29) is 18.5 Å². The van der Waals surface area contributed by atoms with Gasteiger partial charge in [0.2, 0.25) is 0 Å². The van der Waals surface area contributed by atoms with Gasteiger partial charge in [0, 0.05) is 5.92 Å². The van der Waals surface area contributed by atoms with Crippen molar-refractivity contribution in [2.24, 2.45) is 0 Å². The van der Waals surface area contributed by atoms with E-state index in [1.807, 2.05) is 48.5 Å². The maximum absolute atomic E-state index is 11.7. The lowest BCUT2D eigenvalue weighted by Crippen LogP contribution is -2.21. The van der Waals surface area contributed by atoms with Gasteiger partial charge in [0.1, 0.15) is 5.75 Å². The minimum Gasteiger partial charge on any atom is -0.426 e. The third kappa shape index (κ3) is 2.45. The van der Waals surface area contributed by atoms with Crippen LogP contribution in [0.25, 0.3) is 0 Å². The molecule has 3 rings (SSSR count). The highest BCUT2D eigenvalue weighted by molar-refractivity contribution is 5.76. The van der Waals surface area contributed by atoms with Crippen molar-refractivity contribution in [3.05, 3.63) is 65.2 Å². The summed E-state index contributed by atoms with van der Waals surface area (Å²) in [7, 11) is 0. The zero-order valence-corrected chi connectivity index (χ0v) is 11.1. The number of carbonyl (C=O) groups is 1. The molecule has 3 nitrogen and oxygen atoms in total. The topological polar surface area (TPSA) is 46.5 Å². The summed E-state index contributed by atoms with van der Waals surface area (Å²) in [6, 6.07) is 15.5. The van der Waals surface area contributed by atoms with Crippen molar-refractivity contribution < 1.29 is 14.6 Å². The fourth-order valence-corrected chi connectivity index (χ4v) is 2.74. The first-order chi connectivity index (χ1) is 9.78. The minimum absolute atomic E-state index is 0.0228. The Morgan fingerprint density at radius 2 is 1.75 bits per heavy atom. The summed E-state index contributed by atoms with van der Waals surface area (Å²) in [5, 5.41) is 9.40. The van der Waals surface area contributed by atoms with Gasteiger partial charge in [-0.25, -0.2) is 0 Å². The zero-order chi connectivity index (χ0) is 13.9. The molecule has 102 valence electrons. The molecule has 20 heavy (non-hydrogen) atoms. The number of rotatable bonds is 3. The summed E-state index contributed by atoms with van der Waals surface area (Å²) in [5.41, 5.74) is 3.08. The number of hydrogen-bond acceptors (Lipinski definition) is 3. The fourth-order valence-electron chi connectivity index (χ4n) is 2.74. The lowest BCUT2D eigenvalue weighted by Gasteiger charge is -2.25. The molecule has 1 atom stereocenters. The Kier molecular flexibility index (Phi) is 3.52. The lowest BCUT2D eigenvalue weighted by atomic mass is 9.86.